The highest BCUT2D eigenvalue weighted by molar-refractivity contribution is 5.55. The van der Waals surface area contributed by atoms with Gasteiger partial charge in [-0.1, -0.05) is 30.3 Å². The molecule has 2 nitrogen and oxygen atoms in total. The lowest BCUT2D eigenvalue weighted by molar-refractivity contribution is -0.114. The van der Waals surface area contributed by atoms with E-state index < -0.39 is 0 Å². The van der Waals surface area contributed by atoms with E-state index in [1.807, 2.05) is 36.4 Å². The van der Waals surface area contributed by atoms with E-state index in [9.17, 15) is 4.79 Å². The van der Waals surface area contributed by atoms with Gasteiger partial charge in [-0.25, -0.2) is 0 Å². The Morgan fingerprint density at radius 2 is 1.92 bits per heavy atom. The standard InChI is InChI=1S/C10H11NO/c1-11(9-12)8-7-10-5-3-2-4-6-10/h2-9H,1H3. The zero-order valence-corrected chi connectivity index (χ0v) is 6.97. The minimum Gasteiger partial charge on any atom is -0.325 e. The number of carbonyl (C=O) groups is 1. The molecule has 0 heterocycles. The molecule has 1 rings (SSSR count). The van der Waals surface area contributed by atoms with Gasteiger partial charge in [0.1, 0.15) is 0 Å². The lowest BCUT2D eigenvalue weighted by atomic mass is 10.2. The second-order valence-corrected chi connectivity index (χ2v) is 2.50. The van der Waals surface area contributed by atoms with Crippen molar-refractivity contribution in [3.63, 3.8) is 0 Å². The largest absolute Gasteiger partial charge is 0.325 e. The Labute approximate surface area is 72.1 Å². The van der Waals surface area contributed by atoms with Gasteiger partial charge in [-0.05, 0) is 11.6 Å². The Balaban J connectivity index is 2.63. The van der Waals surface area contributed by atoms with Crippen LogP contribution in [-0.2, 0) is 4.79 Å². The Morgan fingerprint density at radius 1 is 1.25 bits per heavy atom. The average molecular weight is 161 g/mol. The number of nitrogens with zero attached hydrogens (tertiary/aromatic N) is 1. The molecule has 0 aliphatic rings. The van der Waals surface area contributed by atoms with Gasteiger partial charge >= 0.3 is 0 Å². The van der Waals surface area contributed by atoms with Crippen molar-refractivity contribution in [3.8, 4) is 0 Å². The van der Waals surface area contributed by atoms with E-state index in [1.54, 1.807) is 13.2 Å². The van der Waals surface area contributed by atoms with Crippen LogP contribution in [0.2, 0.25) is 0 Å². The molecule has 0 bridgehead atoms. The first-order valence-electron chi connectivity index (χ1n) is 3.73. The maximum atomic E-state index is 10.2. The first-order valence-corrected chi connectivity index (χ1v) is 3.73. The van der Waals surface area contributed by atoms with Gasteiger partial charge in [0.05, 0.1) is 0 Å². The molecular weight excluding hydrogens is 150 g/mol. The molecule has 12 heavy (non-hydrogen) atoms. The molecule has 0 N–H and O–H groups in total. The molecule has 1 aromatic rings. The van der Waals surface area contributed by atoms with Crippen molar-refractivity contribution >= 4 is 12.5 Å². The molecule has 0 radical (unpaired) electrons. The predicted molar refractivity (Wildman–Crippen MR) is 49.3 cm³/mol. The monoisotopic (exact) mass is 161 g/mol. The van der Waals surface area contributed by atoms with E-state index in [0.717, 1.165) is 12.0 Å². The first kappa shape index (κ1) is 8.53. The fourth-order valence-electron chi connectivity index (χ4n) is 0.803. The molecule has 0 spiro atoms. The van der Waals surface area contributed by atoms with Crippen LogP contribution in [-0.4, -0.2) is 18.4 Å². The van der Waals surface area contributed by atoms with Crippen LogP contribution in [0.1, 0.15) is 5.56 Å². The zero-order valence-electron chi connectivity index (χ0n) is 6.97. The molecule has 0 atom stereocenters. The Kier molecular flexibility index (Phi) is 3.08. The molecule has 0 saturated heterocycles. The Morgan fingerprint density at radius 3 is 2.50 bits per heavy atom. The fraction of sp³-hybridized carbons (Fsp3) is 0.100. The summed E-state index contributed by atoms with van der Waals surface area (Å²) in [5.74, 6) is 0. The van der Waals surface area contributed by atoms with Crippen LogP contribution in [0.3, 0.4) is 0 Å². The lowest BCUT2D eigenvalue weighted by Crippen LogP contribution is -2.05. The van der Waals surface area contributed by atoms with E-state index in [1.165, 1.54) is 4.90 Å². The zero-order chi connectivity index (χ0) is 8.81. The summed E-state index contributed by atoms with van der Waals surface area (Å²) in [6.45, 7) is 0. The lowest BCUT2D eigenvalue weighted by Gasteiger charge is -2.00. The molecule has 0 aliphatic carbocycles. The van der Waals surface area contributed by atoms with Gasteiger partial charge in [-0.2, -0.15) is 0 Å². The van der Waals surface area contributed by atoms with Crippen LogP contribution in [0.25, 0.3) is 6.08 Å². The second kappa shape index (κ2) is 4.34. The van der Waals surface area contributed by atoms with Crippen LogP contribution in [0.15, 0.2) is 36.5 Å². The van der Waals surface area contributed by atoms with Crippen molar-refractivity contribution in [2.45, 2.75) is 0 Å². The maximum Gasteiger partial charge on any atom is 0.213 e. The van der Waals surface area contributed by atoms with Crippen LogP contribution in [0.5, 0.6) is 0 Å². The molecule has 0 saturated carbocycles. The van der Waals surface area contributed by atoms with Crippen molar-refractivity contribution in [1.29, 1.82) is 0 Å². The van der Waals surface area contributed by atoms with Crippen LogP contribution in [0, 0.1) is 0 Å². The number of hydrogen-bond acceptors (Lipinski definition) is 1. The summed E-state index contributed by atoms with van der Waals surface area (Å²) in [5, 5.41) is 0. The molecule has 0 fully saturated rings. The molecule has 0 unspecified atom stereocenters. The molecule has 0 aromatic heterocycles. The van der Waals surface area contributed by atoms with Gasteiger partial charge in [0.15, 0.2) is 0 Å². The maximum absolute atomic E-state index is 10.2. The predicted octanol–water partition coefficient (Wildman–Crippen LogP) is 1.75. The summed E-state index contributed by atoms with van der Waals surface area (Å²) < 4.78 is 0. The highest BCUT2D eigenvalue weighted by atomic mass is 16.1. The Hall–Kier alpha value is -1.57. The second-order valence-electron chi connectivity index (χ2n) is 2.50. The summed E-state index contributed by atoms with van der Waals surface area (Å²) in [4.78, 5) is 11.7. The summed E-state index contributed by atoms with van der Waals surface area (Å²) in [7, 11) is 1.70. The highest BCUT2D eigenvalue weighted by Gasteiger charge is 1.84. The SMILES string of the molecule is CN(C=O)C=Cc1ccccc1. The average Bonchev–Trinajstić information content (AvgIpc) is 2.16. The molecule has 0 aliphatic heterocycles. The number of rotatable bonds is 3. The highest BCUT2D eigenvalue weighted by Crippen LogP contribution is 2.00. The van der Waals surface area contributed by atoms with Crippen molar-refractivity contribution in [2.75, 3.05) is 7.05 Å². The van der Waals surface area contributed by atoms with Crippen molar-refractivity contribution < 1.29 is 4.79 Å². The Bertz CT molecular complexity index is 266. The van der Waals surface area contributed by atoms with Gasteiger partial charge in [-0.3, -0.25) is 4.79 Å². The molecule has 2 heteroatoms. The molecular formula is C10H11NO. The molecule has 62 valence electrons. The van der Waals surface area contributed by atoms with Crippen LogP contribution >= 0.6 is 0 Å². The number of hydrogen-bond donors (Lipinski definition) is 0. The molecule has 1 aromatic carbocycles. The van der Waals surface area contributed by atoms with Crippen molar-refractivity contribution in [2.24, 2.45) is 0 Å². The number of carbonyl (C=O) groups excluding carboxylic acids is 1. The minimum absolute atomic E-state index is 0.763. The van der Waals surface area contributed by atoms with Gasteiger partial charge < -0.3 is 4.90 Å². The quantitative estimate of drug-likeness (QED) is 0.618. The summed E-state index contributed by atoms with van der Waals surface area (Å²) in [6.07, 6.45) is 4.37. The van der Waals surface area contributed by atoms with E-state index >= 15 is 0 Å². The number of benzene rings is 1. The van der Waals surface area contributed by atoms with Crippen molar-refractivity contribution in [1.82, 2.24) is 4.90 Å². The van der Waals surface area contributed by atoms with Crippen LogP contribution in [0.4, 0.5) is 0 Å². The number of amides is 1. The fourth-order valence-corrected chi connectivity index (χ4v) is 0.803. The van der Waals surface area contributed by atoms with Gasteiger partial charge in [-0.15, -0.1) is 0 Å². The van der Waals surface area contributed by atoms with Crippen molar-refractivity contribution in [3.05, 3.63) is 42.1 Å². The van der Waals surface area contributed by atoms with E-state index in [4.69, 9.17) is 0 Å². The van der Waals surface area contributed by atoms with Gasteiger partial charge in [0, 0.05) is 13.2 Å². The van der Waals surface area contributed by atoms with E-state index in [0.29, 0.717) is 0 Å². The third-order valence-corrected chi connectivity index (χ3v) is 1.47. The topological polar surface area (TPSA) is 20.3 Å². The summed E-state index contributed by atoms with van der Waals surface area (Å²) >= 11 is 0. The van der Waals surface area contributed by atoms with Gasteiger partial charge in [0.25, 0.3) is 0 Å². The summed E-state index contributed by atoms with van der Waals surface area (Å²) in [5.41, 5.74) is 1.09. The van der Waals surface area contributed by atoms with Crippen LogP contribution < -0.4 is 0 Å². The third kappa shape index (κ3) is 2.58. The van der Waals surface area contributed by atoms with E-state index in [-0.39, 0.29) is 0 Å². The minimum atomic E-state index is 0.763. The van der Waals surface area contributed by atoms with Gasteiger partial charge in [0.2, 0.25) is 6.41 Å². The third-order valence-electron chi connectivity index (χ3n) is 1.47. The normalized spacial score (nSPS) is 10.1. The van der Waals surface area contributed by atoms with E-state index in [2.05, 4.69) is 0 Å². The first-order chi connectivity index (χ1) is 5.83. The summed E-state index contributed by atoms with van der Waals surface area (Å²) in [6, 6.07) is 9.84. The molecule has 1 amide bonds. The smallest absolute Gasteiger partial charge is 0.213 e.